The van der Waals surface area contributed by atoms with E-state index in [2.05, 4.69) is 10.6 Å². The highest BCUT2D eigenvalue weighted by Gasteiger charge is 2.24. The number of nitrogens with one attached hydrogen (secondary N) is 2. The topological polar surface area (TPSA) is 58.2 Å². The van der Waals surface area contributed by atoms with Gasteiger partial charge in [-0.25, -0.2) is 0 Å². The molecule has 0 saturated carbocycles. The maximum atomic E-state index is 12.5. The molecule has 0 aliphatic carbocycles. The second-order valence-electron chi connectivity index (χ2n) is 6.42. The average Bonchev–Trinajstić information content (AvgIpc) is 2.54. The van der Waals surface area contributed by atoms with Gasteiger partial charge in [-0.05, 0) is 44.0 Å². The smallest absolute Gasteiger partial charge is 0.251 e. The van der Waals surface area contributed by atoms with Crippen LogP contribution in [0.4, 0.5) is 5.69 Å². The molecule has 24 heavy (non-hydrogen) atoms. The van der Waals surface area contributed by atoms with Crippen molar-refractivity contribution in [2.75, 3.05) is 5.32 Å². The summed E-state index contributed by atoms with van der Waals surface area (Å²) in [6.45, 7) is 7.78. The molecule has 0 radical (unpaired) electrons. The van der Waals surface area contributed by atoms with Crippen molar-refractivity contribution in [1.29, 1.82) is 0 Å². The molecule has 0 aliphatic heterocycles. The molecule has 4 nitrogen and oxygen atoms in total. The van der Waals surface area contributed by atoms with E-state index >= 15 is 0 Å². The van der Waals surface area contributed by atoms with E-state index in [9.17, 15) is 9.59 Å². The van der Waals surface area contributed by atoms with E-state index in [1.807, 2.05) is 64.1 Å². The van der Waals surface area contributed by atoms with Crippen LogP contribution in [0.25, 0.3) is 0 Å². The Hall–Kier alpha value is -2.62. The lowest BCUT2D eigenvalue weighted by molar-refractivity contribution is -0.118. The fraction of sp³-hybridized carbons (Fsp3) is 0.300. The molecule has 2 amide bonds. The summed E-state index contributed by atoms with van der Waals surface area (Å²) in [5, 5.41) is 5.70. The molecule has 4 heteroatoms. The number of carbonyl (C=O) groups is 2. The van der Waals surface area contributed by atoms with Crippen molar-refractivity contribution in [3.63, 3.8) is 0 Å². The lowest BCUT2D eigenvalue weighted by atomic mass is 10.0. The Labute approximate surface area is 143 Å². The quantitative estimate of drug-likeness (QED) is 0.881. The molecule has 2 aromatic rings. The summed E-state index contributed by atoms with van der Waals surface area (Å²) >= 11 is 0. The number of carbonyl (C=O) groups excluding carboxylic acids is 2. The molecular weight excluding hydrogens is 300 g/mol. The maximum absolute atomic E-state index is 12.5. The standard InChI is InChI=1S/C20H24N2O2/c1-13(2)18(20(24)21-17-11-7-15(4)8-12-17)22-19(23)16-9-5-14(3)6-10-16/h5-13,18H,1-4H3,(H,21,24)(H,22,23)/t18-/m1/s1. The molecule has 2 aromatic carbocycles. The number of aryl methyl sites for hydroxylation is 2. The van der Waals surface area contributed by atoms with Crippen molar-refractivity contribution in [3.8, 4) is 0 Å². The number of benzene rings is 2. The minimum Gasteiger partial charge on any atom is -0.340 e. The number of hydrogen-bond acceptors (Lipinski definition) is 2. The van der Waals surface area contributed by atoms with Crippen molar-refractivity contribution in [1.82, 2.24) is 5.32 Å². The first-order valence-corrected chi connectivity index (χ1v) is 8.12. The van der Waals surface area contributed by atoms with Gasteiger partial charge in [-0.2, -0.15) is 0 Å². The molecule has 0 saturated heterocycles. The van der Waals surface area contributed by atoms with Crippen LogP contribution in [0.3, 0.4) is 0 Å². The Morgan fingerprint density at radius 3 is 1.83 bits per heavy atom. The monoisotopic (exact) mass is 324 g/mol. The summed E-state index contributed by atoms with van der Waals surface area (Å²) in [6.07, 6.45) is 0. The summed E-state index contributed by atoms with van der Waals surface area (Å²) < 4.78 is 0. The van der Waals surface area contributed by atoms with Crippen LogP contribution in [0.2, 0.25) is 0 Å². The second-order valence-corrected chi connectivity index (χ2v) is 6.42. The maximum Gasteiger partial charge on any atom is 0.251 e. The normalized spacial score (nSPS) is 11.9. The molecular formula is C20H24N2O2. The highest BCUT2D eigenvalue weighted by atomic mass is 16.2. The predicted octanol–water partition coefficient (Wildman–Crippen LogP) is 3.70. The van der Waals surface area contributed by atoms with Crippen molar-refractivity contribution >= 4 is 17.5 Å². The highest BCUT2D eigenvalue weighted by molar-refractivity contribution is 6.01. The van der Waals surface area contributed by atoms with Gasteiger partial charge in [0.25, 0.3) is 5.91 Å². The van der Waals surface area contributed by atoms with E-state index in [0.29, 0.717) is 5.56 Å². The van der Waals surface area contributed by atoms with Gasteiger partial charge in [0.05, 0.1) is 0 Å². The molecule has 0 aromatic heterocycles. The molecule has 0 unspecified atom stereocenters. The lowest BCUT2D eigenvalue weighted by Gasteiger charge is -2.22. The summed E-state index contributed by atoms with van der Waals surface area (Å²) in [5.41, 5.74) is 3.49. The molecule has 0 fully saturated rings. The van der Waals surface area contributed by atoms with Crippen LogP contribution in [-0.4, -0.2) is 17.9 Å². The van der Waals surface area contributed by atoms with Gasteiger partial charge in [0.2, 0.25) is 5.91 Å². The molecule has 2 rings (SSSR count). The van der Waals surface area contributed by atoms with Crippen LogP contribution in [0.5, 0.6) is 0 Å². The first-order chi connectivity index (χ1) is 11.4. The molecule has 126 valence electrons. The van der Waals surface area contributed by atoms with Crippen LogP contribution in [0, 0.1) is 19.8 Å². The first kappa shape index (κ1) is 17.7. The number of rotatable bonds is 5. The van der Waals surface area contributed by atoms with E-state index in [0.717, 1.165) is 16.8 Å². The van der Waals surface area contributed by atoms with Gasteiger partial charge in [-0.3, -0.25) is 9.59 Å². The Morgan fingerprint density at radius 1 is 0.833 bits per heavy atom. The fourth-order valence-electron chi connectivity index (χ4n) is 2.32. The summed E-state index contributed by atoms with van der Waals surface area (Å²) in [7, 11) is 0. The molecule has 0 heterocycles. The van der Waals surface area contributed by atoms with E-state index in [-0.39, 0.29) is 17.7 Å². The fourth-order valence-corrected chi connectivity index (χ4v) is 2.32. The number of anilines is 1. The molecule has 0 spiro atoms. The molecule has 0 bridgehead atoms. The zero-order chi connectivity index (χ0) is 17.7. The van der Waals surface area contributed by atoms with E-state index in [1.54, 1.807) is 12.1 Å². The minimum atomic E-state index is -0.597. The second kappa shape index (κ2) is 7.77. The van der Waals surface area contributed by atoms with E-state index in [4.69, 9.17) is 0 Å². The van der Waals surface area contributed by atoms with Gasteiger partial charge < -0.3 is 10.6 Å². The Morgan fingerprint density at radius 2 is 1.33 bits per heavy atom. The van der Waals surface area contributed by atoms with Gasteiger partial charge in [-0.1, -0.05) is 49.2 Å². The van der Waals surface area contributed by atoms with Crippen LogP contribution in [0.1, 0.15) is 35.3 Å². The minimum absolute atomic E-state index is 0.0233. The van der Waals surface area contributed by atoms with E-state index < -0.39 is 6.04 Å². The molecule has 0 aliphatic rings. The van der Waals surface area contributed by atoms with Gasteiger partial charge in [0, 0.05) is 11.3 Å². The molecule has 1 atom stereocenters. The van der Waals surface area contributed by atoms with Crippen molar-refractivity contribution in [3.05, 3.63) is 65.2 Å². The van der Waals surface area contributed by atoms with Gasteiger partial charge in [0.15, 0.2) is 0 Å². The number of amides is 2. The third-order valence-corrected chi connectivity index (χ3v) is 3.87. The Kier molecular flexibility index (Phi) is 5.74. The van der Waals surface area contributed by atoms with Crippen molar-refractivity contribution in [2.45, 2.75) is 33.7 Å². The van der Waals surface area contributed by atoms with Crippen LogP contribution in [-0.2, 0) is 4.79 Å². The average molecular weight is 324 g/mol. The zero-order valence-corrected chi connectivity index (χ0v) is 14.6. The zero-order valence-electron chi connectivity index (χ0n) is 14.6. The summed E-state index contributed by atoms with van der Waals surface area (Å²) in [5.74, 6) is -0.480. The van der Waals surface area contributed by atoms with E-state index in [1.165, 1.54) is 0 Å². The lowest BCUT2D eigenvalue weighted by Crippen LogP contribution is -2.47. The summed E-state index contributed by atoms with van der Waals surface area (Å²) in [6, 6.07) is 14.3. The Bertz CT molecular complexity index is 703. The van der Waals surface area contributed by atoms with Crippen LogP contribution < -0.4 is 10.6 Å². The van der Waals surface area contributed by atoms with Crippen LogP contribution in [0.15, 0.2) is 48.5 Å². The molecule has 2 N–H and O–H groups in total. The predicted molar refractivity (Wildman–Crippen MR) is 97.1 cm³/mol. The van der Waals surface area contributed by atoms with Gasteiger partial charge >= 0.3 is 0 Å². The largest absolute Gasteiger partial charge is 0.340 e. The third-order valence-electron chi connectivity index (χ3n) is 3.87. The third kappa shape index (κ3) is 4.69. The number of hydrogen-bond donors (Lipinski definition) is 2. The van der Waals surface area contributed by atoms with Gasteiger partial charge in [0.1, 0.15) is 6.04 Å². The first-order valence-electron chi connectivity index (χ1n) is 8.12. The highest BCUT2D eigenvalue weighted by Crippen LogP contribution is 2.12. The Balaban J connectivity index is 2.07. The van der Waals surface area contributed by atoms with Crippen LogP contribution >= 0.6 is 0 Å². The SMILES string of the molecule is Cc1ccc(NC(=O)[C@H](NC(=O)c2ccc(C)cc2)C(C)C)cc1. The van der Waals surface area contributed by atoms with Crippen molar-refractivity contribution < 1.29 is 9.59 Å². The van der Waals surface area contributed by atoms with Crippen molar-refractivity contribution in [2.24, 2.45) is 5.92 Å². The van der Waals surface area contributed by atoms with Gasteiger partial charge in [-0.15, -0.1) is 0 Å². The summed E-state index contributed by atoms with van der Waals surface area (Å²) in [4.78, 5) is 24.9.